The minimum Gasteiger partial charge on any atom is -0.387 e. The number of aliphatic hydroxyl groups excluding tert-OH is 1. The fourth-order valence-corrected chi connectivity index (χ4v) is 3.45. The molecule has 0 bridgehead atoms. The van der Waals surface area contributed by atoms with Crippen molar-refractivity contribution in [2.24, 2.45) is 0 Å². The molecule has 2 unspecified atom stereocenters. The maximum atomic E-state index is 12.0. The Balaban J connectivity index is 2.02. The summed E-state index contributed by atoms with van der Waals surface area (Å²) in [7, 11) is -1.60. The van der Waals surface area contributed by atoms with Crippen molar-refractivity contribution in [2.45, 2.75) is 44.0 Å². The van der Waals surface area contributed by atoms with E-state index < -0.39 is 44.7 Å². The van der Waals surface area contributed by atoms with E-state index in [1.54, 1.807) is 0 Å². The first-order chi connectivity index (χ1) is 13.2. The van der Waals surface area contributed by atoms with Gasteiger partial charge in [0.05, 0.1) is 19.3 Å². The maximum Gasteiger partial charge on any atom is 0.472 e. The summed E-state index contributed by atoms with van der Waals surface area (Å²) in [6, 6.07) is 1.39. The van der Waals surface area contributed by atoms with Gasteiger partial charge in [-0.25, -0.2) is 9.36 Å². The summed E-state index contributed by atoms with van der Waals surface area (Å²) in [5, 5.41) is 10.4. The molecule has 0 aliphatic carbocycles. The third kappa shape index (κ3) is 5.58. The molecule has 160 valence electrons. The number of nitrogens with two attached hydrogens (primary N) is 1. The smallest absolute Gasteiger partial charge is 0.387 e. The highest BCUT2D eigenvalue weighted by atomic mass is 31.2. The Morgan fingerprint density at radius 1 is 1.43 bits per heavy atom. The lowest BCUT2D eigenvalue weighted by Gasteiger charge is -2.20. The largest absolute Gasteiger partial charge is 0.472 e. The van der Waals surface area contributed by atoms with E-state index >= 15 is 0 Å². The summed E-state index contributed by atoms with van der Waals surface area (Å²) in [4.78, 5) is 25.4. The summed E-state index contributed by atoms with van der Waals surface area (Å²) in [5.74, 6) is 0.0356. The van der Waals surface area contributed by atoms with Crippen LogP contribution in [0.2, 0.25) is 0 Å². The molecule has 1 aromatic rings. The summed E-state index contributed by atoms with van der Waals surface area (Å²) in [6.45, 7) is 1.24. The topological polar surface area (TPSA) is 165 Å². The Kier molecular flexibility index (Phi) is 8.10. The molecule has 0 radical (unpaired) electrons. The van der Waals surface area contributed by atoms with Crippen LogP contribution in [0, 0.1) is 0 Å². The van der Waals surface area contributed by atoms with Crippen LogP contribution >= 0.6 is 7.82 Å². The molecule has 1 aliphatic rings. The minimum atomic E-state index is -4.40. The first kappa shape index (κ1) is 22.9. The summed E-state index contributed by atoms with van der Waals surface area (Å²) in [5.41, 5.74) is 4.77. The molecule has 0 aromatic carbocycles. The third-order valence-corrected chi connectivity index (χ3v) is 5.28. The Bertz CT molecular complexity index is 742. The number of aromatic nitrogens is 2. The van der Waals surface area contributed by atoms with E-state index in [1.165, 1.54) is 26.5 Å². The average Bonchev–Trinajstić information content (AvgIpc) is 2.96. The van der Waals surface area contributed by atoms with E-state index in [2.05, 4.69) is 4.98 Å². The van der Waals surface area contributed by atoms with Gasteiger partial charge in [-0.2, -0.15) is 4.98 Å². The second-order valence-electron chi connectivity index (χ2n) is 6.12. The molecule has 1 fully saturated rings. The molecule has 1 saturated heterocycles. The summed E-state index contributed by atoms with van der Waals surface area (Å²) >= 11 is 0. The number of phosphoric acid groups is 1. The third-order valence-electron chi connectivity index (χ3n) is 4.32. The van der Waals surface area contributed by atoms with Crippen molar-refractivity contribution in [1.29, 1.82) is 0 Å². The van der Waals surface area contributed by atoms with E-state index in [-0.39, 0.29) is 18.5 Å². The highest BCUT2D eigenvalue weighted by Crippen LogP contribution is 2.44. The van der Waals surface area contributed by atoms with Crippen molar-refractivity contribution < 1.29 is 37.8 Å². The molecular weight excluding hydrogens is 397 g/mol. The van der Waals surface area contributed by atoms with Gasteiger partial charge in [-0.3, -0.25) is 13.6 Å². The molecule has 0 amide bonds. The predicted molar refractivity (Wildman–Crippen MR) is 96.4 cm³/mol. The Hall–Kier alpha value is -1.37. The number of anilines is 1. The van der Waals surface area contributed by atoms with Gasteiger partial charge in [-0.05, 0) is 12.5 Å². The number of nitrogens with zero attached hydrogens (tertiary/aromatic N) is 2. The zero-order valence-corrected chi connectivity index (χ0v) is 16.7. The van der Waals surface area contributed by atoms with Crippen LogP contribution in [0.1, 0.15) is 19.6 Å². The predicted octanol–water partition coefficient (Wildman–Crippen LogP) is -0.343. The van der Waals surface area contributed by atoms with E-state index in [1.807, 2.05) is 6.92 Å². The van der Waals surface area contributed by atoms with Gasteiger partial charge < -0.3 is 29.9 Å². The fourth-order valence-electron chi connectivity index (χ4n) is 2.69. The summed E-state index contributed by atoms with van der Waals surface area (Å²) < 4.78 is 38.8. The SMILES string of the molecule is CCC(COP(=O)(O)OC[C@H]1O[C@@H](n2ccc(N)nc2=O)[C@H](OC)[C@@H]1O)OC. The van der Waals surface area contributed by atoms with Gasteiger partial charge in [-0.1, -0.05) is 6.92 Å². The molecular formula is C15H26N3O9P. The standard InChI is InChI=1S/C15H26N3O9P/c1-4-9(23-2)7-25-28(21,22)26-8-10-12(19)13(24-3)14(27-10)18-6-5-11(16)17-15(18)20/h5-6,9-10,12-14,19H,4,7-8H2,1-3H3,(H,21,22)(H2,16,17,20)/t9?,10-,12-,13-,14-/m1/s1. The van der Waals surface area contributed by atoms with E-state index in [0.717, 1.165) is 4.57 Å². The fraction of sp³-hybridized carbons (Fsp3) is 0.733. The minimum absolute atomic E-state index is 0.0356. The summed E-state index contributed by atoms with van der Waals surface area (Å²) in [6.07, 6.45) is -2.66. The molecule has 1 aliphatic heterocycles. The molecule has 4 N–H and O–H groups in total. The van der Waals surface area contributed by atoms with Crippen molar-refractivity contribution in [2.75, 3.05) is 33.2 Å². The number of ether oxygens (including phenoxy) is 3. The zero-order valence-electron chi connectivity index (χ0n) is 15.8. The van der Waals surface area contributed by atoms with Gasteiger partial charge in [-0.15, -0.1) is 0 Å². The van der Waals surface area contributed by atoms with Gasteiger partial charge in [0.25, 0.3) is 0 Å². The van der Waals surface area contributed by atoms with E-state index in [4.69, 9.17) is 29.0 Å². The molecule has 28 heavy (non-hydrogen) atoms. The van der Waals surface area contributed by atoms with Gasteiger partial charge >= 0.3 is 13.5 Å². The molecule has 2 heterocycles. The lowest BCUT2D eigenvalue weighted by atomic mass is 10.1. The van der Waals surface area contributed by atoms with Crippen molar-refractivity contribution in [3.8, 4) is 0 Å². The Morgan fingerprint density at radius 3 is 2.71 bits per heavy atom. The lowest BCUT2D eigenvalue weighted by Crippen LogP contribution is -2.37. The van der Waals surface area contributed by atoms with Gasteiger partial charge in [0, 0.05) is 20.4 Å². The van der Waals surface area contributed by atoms with Crippen molar-refractivity contribution in [3.05, 3.63) is 22.7 Å². The van der Waals surface area contributed by atoms with Crippen molar-refractivity contribution in [1.82, 2.24) is 9.55 Å². The molecule has 2 rings (SSSR count). The normalized spacial score (nSPS) is 28.2. The number of hydrogen-bond acceptors (Lipinski definition) is 10. The van der Waals surface area contributed by atoms with Gasteiger partial charge in [0.15, 0.2) is 6.23 Å². The highest BCUT2D eigenvalue weighted by molar-refractivity contribution is 7.47. The van der Waals surface area contributed by atoms with Crippen LogP contribution in [0.25, 0.3) is 0 Å². The Morgan fingerprint density at radius 2 is 2.14 bits per heavy atom. The van der Waals surface area contributed by atoms with E-state index in [9.17, 15) is 19.4 Å². The molecule has 12 nitrogen and oxygen atoms in total. The van der Waals surface area contributed by atoms with Gasteiger partial charge in [0.2, 0.25) is 0 Å². The zero-order chi connectivity index (χ0) is 20.9. The van der Waals surface area contributed by atoms with Crippen LogP contribution in [0.4, 0.5) is 5.82 Å². The van der Waals surface area contributed by atoms with Crippen molar-refractivity contribution in [3.63, 3.8) is 0 Å². The molecule has 6 atom stereocenters. The van der Waals surface area contributed by atoms with Crippen LogP contribution in [0.15, 0.2) is 17.1 Å². The van der Waals surface area contributed by atoms with Crippen LogP contribution in [0.5, 0.6) is 0 Å². The highest BCUT2D eigenvalue weighted by Gasteiger charge is 2.46. The van der Waals surface area contributed by atoms with Gasteiger partial charge in [0.1, 0.15) is 24.1 Å². The number of phosphoric ester groups is 1. The monoisotopic (exact) mass is 423 g/mol. The molecule has 0 saturated carbocycles. The quantitative estimate of drug-likeness (QED) is 0.421. The van der Waals surface area contributed by atoms with Crippen LogP contribution in [-0.2, 0) is 27.8 Å². The molecule has 13 heteroatoms. The number of nitrogen functional groups attached to an aromatic ring is 1. The first-order valence-electron chi connectivity index (χ1n) is 8.58. The number of rotatable bonds is 10. The number of methoxy groups -OCH3 is 2. The first-order valence-corrected chi connectivity index (χ1v) is 10.1. The number of aliphatic hydroxyl groups is 1. The Labute approximate surface area is 161 Å². The maximum absolute atomic E-state index is 12.0. The van der Waals surface area contributed by atoms with Crippen LogP contribution < -0.4 is 11.4 Å². The lowest BCUT2D eigenvalue weighted by molar-refractivity contribution is -0.0631. The second kappa shape index (κ2) is 9.90. The van der Waals surface area contributed by atoms with Crippen LogP contribution in [-0.4, -0.2) is 71.4 Å². The second-order valence-corrected chi connectivity index (χ2v) is 7.58. The number of hydrogen-bond donors (Lipinski definition) is 3. The van der Waals surface area contributed by atoms with E-state index in [0.29, 0.717) is 6.42 Å². The average molecular weight is 423 g/mol. The van der Waals surface area contributed by atoms with Crippen LogP contribution in [0.3, 0.4) is 0 Å². The molecule has 1 aromatic heterocycles. The van der Waals surface area contributed by atoms with Crippen molar-refractivity contribution >= 4 is 13.6 Å². The molecule has 0 spiro atoms.